The van der Waals surface area contributed by atoms with Gasteiger partial charge in [-0.1, -0.05) is 203 Å². The zero-order chi connectivity index (χ0) is 43.0. The van der Waals surface area contributed by atoms with Crippen molar-refractivity contribution in [2.24, 2.45) is 0 Å². The molecule has 338 valence electrons. The Balaban J connectivity index is 4.51. The number of ether oxygens (including phenoxy) is 3. The molecule has 59 heavy (non-hydrogen) atoms. The molecule has 0 radical (unpaired) electrons. The molecule has 0 amide bonds. The molecule has 0 rings (SSSR count). The first-order chi connectivity index (χ1) is 29.0. The van der Waals surface area contributed by atoms with Crippen LogP contribution >= 0.6 is 0 Å². The van der Waals surface area contributed by atoms with Gasteiger partial charge in [-0.25, -0.2) is 0 Å². The molecular formula is C53H90O6. The number of rotatable bonds is 43. The van der Waals surface area contributed by atoms with E-state index < -0.39 is 6.10 Å². The van der Waals surface area contributed by atoms with Gasteiger partial charge in [0.1, 0.15) is 13.2 Å². The molecule has 0 aromatic rings. The lowest BCUT2D eigenvalue weighted by Crippen LogP contribution is -2.30. The second kappa shape index (κ2) is 47.5. The summed E-state index contributed by atoms with van der Waals surface area (Å²) in [7, 11) is 0. The summed E-state index contributed by atoms with van der Waals surface area (Å²) in [6.45, 7) is 6.43. The summed E-state index contributed by atoms with van der Waals surface area (Å²) in [4.78, 5) is 37.8. The SMILES string of the molecule is CC/C=C\C/C=C\C/C=C\C/C=C\C/C=C\CCC(=O)OCC(COC(=O)CCCCCCCCCCCCCC)OC(=O)CCCCC/C=C\CCCCCCCC. The number of esters is 3. The highest BCUT2D eigenvalue weighted by atomic mass is 16.6. The number of carbonyl (C=O) groups is 3. The molecule has 0 aromatic heterocycles. The zero-order valence-corrected chi connectivity index (χ0v) is 38.5. The quantitative estimate of drug-likeness (QED) is 0.0264. The smallest absolute Gasteiger partial charge is 0.306 e. The average molecular weight is 823 g/mol. The van der Waals surface area contributed by atoms with Crippen LogP contribution in [0, 0.1) is 0 Å². The van der Waals surface area contributed by atoms with E-state index in [9.17, 15) is 14.4 Å². The summed E-state index contributed by atoms with van der Waals surface area (Å²) in [5.74, 6) is -1.01. The molecule has 0 spiro atoms. The maximum Gasteiger partial charge on any atom is 0.306 e. The van der Waals surface area contributed by atoms with E-state index in [1.54, 1.807) is 0 Å². The van der Waals surface area contributed by atoms with Crippen LogP contribution in [-0.2, 0) is 28.6 Å². The lowest BCUT2D eigenvalue weighted by Gasteiger charge is -2.18. The van der Waals surface area contributed by atoms with Gasteiger partial charge in [-0.2, -0.15) is 0 Å². The third kappa shape index (κ3) is 45.8. The molecule has 0 saturated carbocycles. The van der Waals surface area contributed by atoms with Crippen LogP contribution in [0.2, 0.25) is 0 Å². The minimum absolute atomic E-state index is 0.103. The Morgan fingerprint density at radius 2 is 0.695 bits per heavy atom. The van der Waals surface area contributed by atoms with Gasteiger partial charge in [0.25, 0.3) is 0 Å². The van der Waals surface area contributed by atoms with Crippen molar-refractivity contribution in [1.29, 1.82) is 0 Å². The van der Waals surface area contributed by atoms with Gasteiger partial charge in [0, 0.05) is 19.3 Å². The van der Waals surface area contributed by atoms with E-state index in [1.165, 1.54) is 96.3 Å². The molecule has 1 unspecified atom stereocenters. The molecule has 0 aliphatic rings. The molecule has 6 heteroatoms. The Morgan fingerprint density at radius 1 is 0.356 bits per heavy atom. The first-order valence-electron chi connectivity index (χ1n) is 24.4. The Kier molecular flexibility index (Phi) is 45.0. The molecule has 0 heterocycles. The van der Waals surface area contributed by atoms with Crippen molar-refractivity contribution < 1.29 is 28.6 Å². The normalized spacial score (nSPS) is 12.7. The van der Waals surface area contributed by atoms with Crippen LogP contribution in [0.15, 0.2) is 72.9 Å². The van der Waals surface area contributed by atoms with E-state index in [-0.39, 0.29) is 37.5 Å². The Labute approximate surface area is 363 Å². The van der Waals surface area contributed by atoms with Gasteiger partial charge in [0.2, 0.25) is 0 Å². The standard InChI is InChI=1S/C53H90O6/c1-4-7-10-13-16-19-22-25-26-27-29-31-34-37-40-43-46-52(55)58-49-50(48-57-51(54)45-42-39-36-33-30-24-21-18-15-12-9-6-3)59-53(56)47-44-41-38-35-32-28-23-20-17-14-11-8-5-2/h7,10,16,19,25-26,28-29,31-32,37,40,50H,4-6,8-9,11-15,17-18,20-24,27,30,33-36,38-39,41-49H2,1-3H3/b10-7-,19-16-,26-25-,31-29-,32-28-,40-37-. The molecule has 0 bridgehead atoms. The maximum absolute atomic E-state index is 12.7. The van der Waals surface area contributed by atoms with Gasteiger partial charge in [-0.15, -0.1) is 0 Å². The summed E-state index contributed by atoms with van der Waals surface area (Å²) in [6, 6.07) is 0. The monoisotopic (exact) mass is 823 g/mol. The number of allylic oxidation sites excluding steroid dienone is 12. The van der Waals surface area contributed by atoms with Crippen molar-refractivity contribution >= 4 is 17.9 Å². The second-order valence-corrected chi connectivity index (χ2v) is 16.0. The van der Waals surface area contributed by atoms with E-state index in [2.05, 4.69) is 81.5 Å². The van der Waals surface area contributed by atoms with E-state index in [1.807, 2.05) is 12.2 Å². The van der Waals surface area contributed by atoms with E-state index >= 15 is 0 Å². The number of hydrogen-bond donors (Lipinski definition) is 0. The van der Waals surface area contributed by atoms with Crippen molar-refractivity contribution in [2.75, 3.05) is 13.2 Å². The highest BCUT2D eigenvalue weighted by molar-refractivity contribution is 5.71. The molecule has 0 aromatic carbocycles. The predicted octanol–water partition coefficient (Wildman–Crippen LogP) is 15.9. The van der Waals surface area contributed by atoms with Gasteiger partial charge in [0.15, 0.2) is 6.10 Å². The van der Waals surface area contributed by atoms with Crippen LogP contribution in [0.4, 0.5) is 0 Å². The van der Waals surface area contributed by atoms with Crippen molar-refractivity contribution in [3.63, 3.8) is 0 Å². The zero-order valence-electron chi connectivity index (χ0n) is 38.5. The summed E-state index contributed by atoms with van der Waals surface area (Å²) in [6.07, 6.45) is 58.9. The molecule has 0 aliphatic heterocycles. The van der Waals surface area contributed by atoms with E-state index in [0.717, 1.165) is 83.5 Å². The predicted molar refractivity (Wildman–Crippen MR) is 251 cm³/mol. The van der Waals surface area contributed by atoms with Gasteiger partial charge >= 0.3 is 17.9 Å². The Bertz CT molecular complexity index is 1130. The minimum Gasteiger partial charge on any atom is -0.462 e. The fourth-order valence-electron chi connectivity index (χ4n) is 6.54. The lowest BCUT2D eigenvalue weighted by molar-refractivity contribution is -0.166. The largest absolute Gasteiger partial charge is 0.462 e. The number of hydrogen-bond acceptors (Lipinski definition) is 6. The average Bonchev–Trinajstić information content (AvgIpc) is 3.23. The maximum atomic E-state index is 12.7. The molecule has 0 aliphatic carbocycles. The van der Waals surface area contributed by atoms with Crippen LogP contribution in [0.5, 0.6) is 0 Å². The minimum atomic E-state index is -0.809. The highest BCUT2D eigenvalue weighted by Crippen LogP contribution is 2.14. The molecule has 0 N–H and O–H groups in total. The van der Waals surface area contributed by atoms with Crippen LogP contribution in [-0.4, -0.2) is 37.2 Å². The van der Waals surface area contributed by atoms with Gasteiger partial charge in [-0.05, 0) is 77.0 Å². The molecule has 0 fully saturated rings. The van der Waals surface area contributed by atoms with Crippen molar-refractivity contribution in [3.05, 3.63) is 72.9 Å². The molecule has 1 atom stereocenters. The molecular weight excluding hydrogens is 733 g/mol. The van der Waals surface area contributed by atoms with Crippen LogP contribution in [0.25, 0.3) is 0 Å². The fraction of sp³-hybridized carbons (Fsp3) is 0.717. The van der Waals surface area contributed by atoms with E-state index in [4.69, 9.17) is 14.2 Å². The first-order valence-corrected chi connectivity index (χ1v) is 24.4. The Morgan fingerprint density at radius 3 is 1.15 bits per heavy atom. The summed E-state index contributed by atoms with van der Waals surface area (Å²) < 4.78 is 16.7. The number of carbonyl (C=O) groups excluding carboxylic acids is 3. The topological polar surface area (TPSA) is 78.9 Å². The molecule has 6 nitrogen and oxygen atoms in total. The van der Waals surface area contributed by atoms with Gasteiger partial charge in [-0.3, -0.25) is 14.4 Å². The summed E-state index contributed by atoms with van der Waals surface area (Å²) >= 11 is 0. The second-order valence-electron chi connectivity index (χ2n) is 16.0. The third-order valence-corrected chi connectivity index (χ3v) is 10.2. The Hall–Kier alpha value is -3.15. The lowest BCUT2D eigenvalue weighted by atomic mass is 10.0. The molecule has 0 saturated heterocycles. The van der Waals surface area contributed by atoms with E-state index in [0.29, 0.717) is 19.3 Å². The van der Waals surface area contributed by atoms with Crippen LogP contribution in [0.3, 0.4) is 0 Å². The number of unbranched alkanes of at least 4 members (excludes halogenated alkanes) is 20. The fourth-order valence-corrected chi connectivity index (χ4v) is 6.54. The van der Waals surface area contributed by atoms with Crippen molar-refractivity contribution in [1.82, 2.24) is 0 Å². The van der Waals surface area contributed by atoms with Crippen molar-refractivity contribution in [2.45, 2.75) is 232 Å². The van der Waals surface area contributed by atoms with Crippen LogP contribution < -0.4 is 0 Å². The van der Waals surface area contributed by atoms with Gasteiger partial charge in [0.05, 0.1) is 0 Å². The van der Waals surface area contributed by atoms with Crippen molar-refractivity contribution in [3.8, 4) is 0 Å². The third-order valence-electron chi connectivity index (χ3n) is 10.2. The first kappa shape index (κ1) is 55.9. The van der Waals surface area contributed by atoms with Gasteiger partial charge < -0.3 is 14.2 Å². The highest BCUT2D eigenvalue weighted by Gasteiger charge is 2.19. The van der Waals surface area contributed by atoms with Crippen LogP contribution in [0.1, 0.15) is 226 Å². The summed E-state index contributed by atoms with van der Waals surface area (Å²) in [5, 5.41) is 0. The summed E-state index contributed by atoms with van der Waals surface area (Å²) in [5.41, 5.74) is 0.